The van der Waals surface area contributed by atoms with Crippen molar-refractivity contribution in [1.29, 1.82) is 0 Å². The molecule has 0 bridgehead atoms. The van der Waals surface area contributed by atoms with E-state index < -0.39 is 6.10 Å². The lowest BCUT2D eigenvalue weighted by molar-refractivity contribution is -0.135. The summed E-state index contributed by atoms with van der Waals surface area (Å²) in [6, 6.07) is 2.02. The molecule has 3 aliphatic rings. The average molecular weight is 303 g/mol. The Morgan fingerprint density at radius 1 is 1.18 bits per heavy atom. The van der Waals surface area contributed by atoms with Crippen LogP contribution in [0.5, 0.6) is 0 Å². The zero-order valence-corrected chi connectivity index (χ0v) is 13.1. The van der Waals surface area contributed by atoms with Crippen LogP contribution >= 0.6 is 0 Å². The van der Waals surface area contributed by atoms with Crippen molar-refractivity contribution >= 4 is 5.91 Å². The highest BCUT2D eigenvalue weighted by Gasteiger charge is 2.34. The molecule has 1 atom stereocenters. The largest absolute Gasteiger partial charge is 0.386 e. The second-order valence-electron chi connectivity index (χ2n) is 7.16. The Labute approximate surface area is 131 Å². The Hall–Kier alpha value is -1.36. The first-order valence-electron chi connectivity index (χ1n) is 8.76. The summed E-state index contributed by atoms with van der Waals surface area (Å²) in [5.41, 5.74) is 1.88. The highest BCUT2D eigenvalue weighted by molar-refractivity contribution is 5.79. The van der Waals surface area contributed by atoms with E-state index in [4.69, 9.17) is 0 Å². The smallest absolute Gasteiger partial charge is 0.226 e. The first-order valence-corrected chi connectivity index (χ1v) is 8.76. The number of rotatable bonds is 3. The maximum atomic E-state index is 12.7. The summed E-state index contributed by atoms with van der Waals surface area (Å²) in [4.78, 5) is 14.7. The summed E-state index contributed by atoms with van der Waals surface area (Å²) in [6.07, 6.45) is 7.25. The molecule has 1 unspecified atom stereocenters. The van der Waals surface area contributed by atoms with Gasteiger partial charge in [-0.15, -0.1) is 0 Å². The van der Waals surface area contributed by atoms with Gasteiger partial charge >= 0.3 is 0 Å². The van der Waals surface area contributed by atoms with Crippen LogP contribution in [0.3, 0.4) is 0 Å². The van der Waals surface area contributed by atoms with E-state index in [1.54, 1.807) is 0 Å². The number of hydrogen-bond acceptors (Lipinski definition) is 3. The van der Waals surface area contributed by atoms with Crippen LogP contribution in [0.1, 0.15) is 62.4 Å². The Bertz CT molecular complexity index is 558. The van der Waals surface area contributed by atoms with Crippen LogP contribution in [0.25, 0.3) is 0 Å². The molecule has 0 aromatic carbocycles. The number of carbonyl (C=O) groups is 1. The molecule has 22 heavy (non-hydrogen) atoms. The fourth-order valence-electron chi connectivity index (χ4n) is 3.90. The molecule has 2 fully saturated rings. The van der Waals surface area contributed by atoms with Gasteiger partial charge in [0, 0.05) is 19.0 Å². The Kier molecular flexibility index (Phi) is 3.68. The van der Waals surface area contributed by atoms with Crippen molar-refractivity contribution < 1.29 is 9.90 Å². The molecule has 4 rings (SSSR count). The van der Waals surface area contributed by atoms with Crippen LogP contribution in [-0.2, 0) is 17.9 Å². The summed E-state index contributed by atoms with van der Waals surface area (Å²) in [5.74, 6) is 0.970. The van der Waals surface area contributed by atoms with Crippen LogP contribution < -0.4 is 0 Å². The van der Waals surface area contributed by atoms with Crippen molar-refractivity contribution in [2.24, 2.45) is 11.8 Å². The van der Waals surface area contributed by atoms with E-state index in [0.29, 0.717) is 18.4 Å². The third-order valence-corrected chi connectivity index (χ3v) is 5.42. The molecule has 2 heterocycles. The van der Waals surface area contributed by atoms with Crippen LogP contribution in [0.15, 0.2) is 6.07 Å². The van der Waals surface area contributed by atoms with Crippen molar-refractivity contribution in [1.82, 2.24) is 14.7 Å². The number of carbonyl (C=O) groups excluding carboxylic acids is 1. The van der Waals surface area contributed by atoms with Gasteiger partial charge in [0.2, 0.25) is 5.91 Å². The van der Waals surface area contributed by atoms with Gasteiger partial charge in [0.05, 0.1) is 17.9 Å². The fourth-order valence-corrected chi connectivity index (χ4v) is 3.90. The van der Waals surface area contributed by atoms with Gasteiger partial charge in [-0.2, -0.15) is 5.10 Å². The molecule has 2 aliphatic carbocycles. The Balaban J connectivity index is 1.50. The molecule has 0 radical (unpaired) electrons. The fraction of sp³-hybridized carbons (Fsp3) is 0.765. The third kappa shape index (κ3) is 2.67. The van der Waals surface area contributed by atoms with Gasteiger partial charge in [-0.1, -0.05) is 12.8 Å². The van der Waals surface area contributed by atoms with Crippen molar-refractivity contribution in [3.63, 3.8) is 0 Å². The van der Waals surface area contributed by atoms with E-state index in [1.165, 1.54) is 12.8 Å². The van der Waals surface area contributed by atoms with Gasteiger partial charge in [0.25, 0.3) is 0 Å². The first kappa shape index (κ1) is 14.2. The normalized spacial score (nSPS) is 24.1. The summed E-state index contributed by atoms with van der Waals surface area (Å²) < 4.78 is 2.00. The van der Waals surface area contributed by atoms with E-state index in [2.05, 4.69) is 5.10 Å². The minimum absolute atomic E-state index is 0.242. The SMILES string of the molecule is O=C(C1CCCC1)N1CCCn2nc(C(O)C3CC3)cc2C1. The van der Waals surface area contributed by atoms with E-state index in [1.807, 2.05) is 15.6 Å². The number of aryl methyl sites for hydroxylation is 1. The van der Waals surface area contributed by atoms with E-state index in [-0.39, 0.29) is 5.92 Å². The average Bonchev–Trinajstić information content (AvgIpc) is 3.15. The molecule has 1 N–H and O–H groups in total. The number of amides is 1. The summed E-state index contributed by atoms with van der Waals surface area (Å²) in [5, 5.41) is 14.9. The van der Waals surface area contributed by atoms with Gasteiger partial charge in [0.1, 0.15) is 6.10 Å². The number of hydrogen-bond donors (Lipinski definition) is 1. The van der Waals surface area contributed by atoms with Gasteiger partial charge in [-0.25, -0.2) is 0 Å². The van der Waals surface area contributed by atoms with Crippen LogP contribution in [0.4, 0.5) is 0 Å². The predicted octanol–water partition coefficient (Wildman–Crippen LogP) is 2.25. The number of aromatic nitrogens is 2. The minimum Gasteiger partial charge on any atom is -0.386 e. The van der Waals surface area contributed by atoms with E-state index in [9.17, 15) is 9.90 Å². The molecule has 1 aliphatic heterocycles. The summed E-state index contributed by atoms with van der Waals surface area (Å²) >= 11 is 0. The number of nitrogens with zero attached hydrogens (tertiary/aromatic N) is 3. The molecule has 2 saturated carbocycles. The Morgan fingerprint density at radius 3 is 2.68 bits per heavy atom. The number of fused-ring (bicyclic) bond motifs is 1. The van der Waals surface area contributed by atoms with Crippen LogP contribution in [-0.4, -0.2) is 32.2 Å². The van der Waals surface area contributed by atoms with Crippen molar-refractivity contribution in [3.05, 3.63) is 17.5 Å². The third-order valence-electron chi connectivity index (χ3n) is 5.42. The summed E-state index contributed by atoms with van der Waals surface area (Å²) in [6.45, 7) is 2.33. The maximum absolute atomic E-state index is 12.7. The lowest BCUT2D eigenvalue weighted by Gasteiger charge is -2.23. The lowest BCUT2D eigenvalue weighted by atomic mass is 10.1. The van der Waals surface area contributed by atoms with Crippen molar-refractivity contribution in [3.8, 4) is 0 Å². The highest BCUT2D eigenvalue weighted by atomic mass is 16.3. The number of aliphatic hydroxyl groups excluding tert-OH is 1. The minimum atomic E-state index is -0.418. The van der Waals surface area contributed by atoms with Gasteiger partial charge in [0.15, 0.2) is 0 Å². The molecular weight excluding hydrogens is 278 g/mol. The standard InChI is InChI=1S/C17H25N3O2/c21-16(12-6-7-12)15-10-14-11-19(8-3-9-20(14)18-15)17(22)13-4-1-2-5-13/h10,12-13,16,21H,1-9,11H2. The summed E-state index contributed by atoms with van der Waals surface area (Å²) in [7, 11) is 0. The zero-order valence-electron chi connectivity index (χ0n) is 13.1. The molecule has 5 heteroatoms. The molecule has 1 aromatic rings. The first-order chi connectivity index (χ1) is 10.7. The second-order valence-corrected chi connectivity index (χ2v) is 7.16. The molecule has 1 aromatic heterocycles. The second kappa shape index (κ2) is 5.69. The molecule has 0 saturated heterocycles. The monoisotopic (exact) mass is 303 g/mol. The zero-order chi connectivity index (χ0) is 15.1. The number of aliphatic hydroxyl groups is 1. The van der Waals surface area contributed by atoms with Gasteiger partial charge < -0.3 is 10.0 Å². The molecule has 1 amide bonds. The quantitative estimate of drug-likeness (QED) is 0.931. The van der Waals surface area contributed by atoms with Crippen molar-refractivity contribution in [2.75, 3.05) is 6.54 Å². The van der Waals surface area contributed by atoms with Crippen LogP contribution in [0.2, 0.25) is 0 Å². The molecule has 120 valence electrons. The molecular formula is C17H25N3O2. The van der Waals surface area contributed by atoms with Crippen LogP contribution in [0, 0.1) is 11.8 Å². The van der Waals surface area contributed by atoms with E-state index in [0.717, 1.165) is 56.6 Å². The van der Waals surface area contributed by atoms with Gasteiger partial charge in [-0.05, 0) is 44.1 Å². The molecule has 0 spiro atoms. The highest BCUT2D eigenvalue weighted by Crippen LogP contribution is 2.40. The Morgan fingerprint density at radius 2 is 1.95 bits per heavy atom. The topological polar surface area (TPSA) is 58.4 Å². The maximum Gasteiger partial charge on any atom is 0.226 e. The lowest BCUT2D eigenvalue weighted by Crippen LogP contribution is -2.35. The molecule has 5 nitrogen and oxygen atoms in total. The van der Waals surface area contributed by atoms with Crippen molar-refractivity contribution in [2.45, 2.75) is 64.1 Å². The predicted molar refractivity (Wildman–Crippen MR) is 81.9 cm³/mol. The van der Waals surface area contributed by atoms with Gasteiger partial charge in [-0.3, -0.25) is 9.48 Å². The van der Waals surface area contributed by atoms with E-state index >= 15 is 0 Å².